The molecule has 1 rings (SSSR count). The fourth-order valence-electron chi connectivity index (χ4n) is 1.27. The number of nitrogens with zero attached hydrogens (tertiary/aromatic N) is 1. The average molecular weight is 248 g/mol. The predicted molar refractivity (Wildman–Crippen MR) is 70.1 cm³/mol. The molecule has 1 N–H and O–H groups in total. The molecule has 0 saturated carbocycles. The van der Waals surface area contributed by atoms with Crippen LogP contribution in [0.25, 0.3) is 0 Å². The topological polar surface area (TPSA) is 41.5 Å². The van der Waals surface area contributed by atoms with Gasteiger partial charge in [-0.25, -0.2) is 0 Å². The van der Waals surface area contributed by atoms with Crippen LogP contribution in [0.5, 0.6) is 0 Å². The molecule has 0 aromatic heterocycles. The summed E-state index contributed by atoms with van der Waals surface area (Å²) in [5, 5.41) is 4.45. The summed E-state index contributed by atoms with van der Waals surface area (Å²) in [4.78, 5) is 4.47. The molecule has 0 spiro atoms. The SMILES string of the molecule is CC1CSC(=NCCCS(C)=O)NC1C. The maximum absolute atomic E-state index is 10.8. The van der Waals surface area contributed by atoms with Gasteiger partial charge in [0.15, 0.2) is 5.17 Å². The molecule has 1 aliphatic rings. The van der Waals surface area contributed by atoms with Crippen LogP contribution in [0.4, 0.5) is 0 Å². The van der Waals surface area contributed by atoms with Crippen molar-refractivity contribution in [3.63, 3.8) is 0 Å². The summed E-state index contributed by atoms with van der Waals surface area (Å²) in [6, 6.07) is 0.519. The van der Waals surface area contributed by atoms with E-state index in [-0.39, 0.29) is 0 Å². The van der Waals surface area contributed by atoms with E-state index in [0.29, 0.717) is 12.0 Å². The third kappa shape index (κ3) is 5.02. The van der Waals surface area contributed by atoms with Gasteiger partial charge in [-0.2, -0.15) is 0 Å². The number of amidine groups is 1. The highest BCUT2D eigenvalue weighted by Crippen LogP contribution is 2.19. The van der Waals surface area contributed by atoms with Gasteiger partial charge in [-0.1, -0.05) is 18.7 Å². The predicted octanol–water partition coefficient (Wildman–Crippen LogP) is 1.47. The Kier molecular flexibility index (Phi) is 5.68. The van der Waals surface area contributed by atoms with Crippen LogP contribution in [0.1, 0.15) is 20.3 Å². The molecule has 88 valence electrons. The summed E-state index contributed by atoms with van der Waals surface area (Å²) in [6.45, 7) is 5.23. The van der Waals surface area contributed by atoms with Gasteiger partial charge in [0.05, 0.1) is 0 Å². The summed E-state index contributed by atoms with van der Waals surface area (Å²) in [5.74, 6) is 2.61. The number of hydrogen-bond donors (Lipinski definition) is 1. The molecule has 0 aromatic carbocycles. The highest BCUT2D eigenvalue weighted by Gasteiger charge is 2.20. The Morgan fingerprint density at radius 1 is 1.60 bits per heavy atom. The fraction of sp³-hybridized carbons (Fsp3) is 0.900. The molecule has 1 aliphatic heterocycles. The third-order valence-corrected chi connectivity index (χ3v) is 4.61. The van der Waals surface area contributed by atoms with Gasteiger partial charge in [0.2, 0.25) is 0 Å². The van der Waals surface area contributed by atoms with E-state index in [4.69, 9.17) is 0 Å². The van der Waals surface area contributed by atoms with Crippen molar-refractivity contribution in [1.82, 2.24) is 5.32 Å². The largest absolute Gasteiger partial charge is 0.362 e. The molecule has 3 nitrogen and oxygen atoms in total. The zero-order valence-corrected chi connectivity index (χ0v) is 11.3. The van der Waals surface area contributed by atoms with E-state index in [1.807, 2.05) is 0 Å². The van der Waals surface area contributed by atoms with E-state index in [9.17, 15) is 4.21 Å². The summed E-state index contributed by atoms with van der Waals surface area (Å²) in [5.41, 5.74) is 0. The van der Waals surface area contributed by atoms with E-state index in [1.165, 1.54) is 0 Å². The first-order chi connectivity index (χ1) is 7.09. The lowest BCUT2D eigenvalue weighted by atomic mass is 10.1. The molecule has 0 amide bonds. The van der Waals surface area contributed by atoms with Crippen LogP contribution >= 0.6 is 11.8 Å². The maximum Gasteiger partial charge on any atom is 0.156 e. The Bertz CT molecular complexity index is 256. The van der Waals surface area contributed by atoms with Crippen LogP contribution in [0, 0.1) is 5.92 Å². The van der Waals surface area contributed by atoms with E-state index in [1.54, 1.807) is 18.0 Å². The molecule has 3 unspecified atom stereocenters. The highest BCUT2D eigenvalue weighted by molar-refractivity contribution is 8.13. The minimum atomic E-state index is -0.681. The summed E-state index contributed by atoms with van der Waals surface area (Å²) in [7, 11) is -0.681. The molecular weight excluding hydrogens is 228 g/mol. The molecular formula is C10H20N2OS2. The Labute approximate surface area is 99.0 Å². The third-order valence-electron chi connectivity index (χ3n) is 2.53. The second-order valence-electron chi connectivity index (χ2n) is 4.04. The van der Waals surface area contributed by atoms with Gasteiger partial charge in [-0.05, 0) is 19.3 Å². The Balaban J connectivity index is 2.25. The standard InChI is InChI=1S/C10H20N2OS2/c1-8-7-14-10(12-9(8)2)11-5-4-6-15(3)13/h8-9H,4-7H2,1-3H3,(H,11,12). The van der Waals surface area contributed by atoms with Crippen molar-refractivity contribution in [1.29, 1.82) is 0 Å². The summed E-state index contributed by atoms with van der Waals surface area (Å²) < 4.78 is 10.8. The number of aliphatic imine (C=N–C) groups is 1. The van der Waals surface area contributed by atoms with E-state index in [0.717, 1.165) is 29.6 Å². The smallest absolute Gasteiger partial charge is 0.156 e. The first-order valence-electron chi connectivity index (χ1n) is 5.33. The number of nitrogens with one attached hydrogen (secondary N) is 1. The normalized spacial score (nSPS) is 31.3. The second-order valence-corrected chi connectivity index (χ2v) is 6.60. The molecule has 0 aliphatic carbocycles. The van der Waals surface area contributed by atoms with E-state index in [2.05, 4.69) is 24.2 Å². The van der Waals surface area contributed by atoms with Gasteiger partial charge < -0.3 is 5.32 Å². The van der Waals surface area contributed by atoms with Crippen LogP contribution in [-0.2, 0) is 10.8 Å². The van der Waals surface area contributed by atoms with Crippen molar-refractivity contribution in [2.45, 2.75) is 26.3 Å². The second kappa shape index (κ2) is 6.53. The van der Waals surface area contributed by atoms with Gasteiger partial charge in [0.25, 0.3) is 0 Å². The lowest BCUT2D eigenvalue weighted by Crippen LogP contribution is -2.41. The lowest BCUT2D eigenvalue weighted by molar-refractivity contribution is 0.490. The lowest BCUT2D eigenvalue weighted by Gasteiger charge is -2.28. The zero-order chi connectivity index (χ0) is 11.3. The minimum absolute atomic E-state index is 0.519. The van der Waals surface area contributed by atoms with Crippen LogP contribution < -0.4 is 5.32 Å². The van der Waals surface area contributed by atoms with Crippen LogP contribution in [0.2, 0.25) is 0 Å². The molecule has 0 radical (unpaired) electrons. The molecule has 1 fully saturated rings. The van der Waals surface area contributed by atoms with Crippen LogP contribution in [-0.4, -0.2) is 39.7 Å². The highest BCUT2D eigenvalue weighted by atomic mass is 32.2. The monoisotopic (exact) mass is 248 g/mol. The van der Waals surface area contributed by atoms with Crippen molar-refractivity contribution in [3.8, 4) is 0 Å². The Morgan fingerprint density at radius 2 is 2.33 bits per heavy atom. The van der Waals surface area contributed by atoms with Crippen LogP contribution in [0.3, 0.4) is 0 Å². The number of hydrogen-bond acceptors (Lipinski definition) is 3. The summed E-state index contributed by atoms with van der Waals surface area (Å²) in [6.07, 6.45) is 2.66. The molecule has 0 bridgehead atoms. The molecule has 3 atom stereocenters. The van der Waals surface area contributed by atoms with Gasteiger partial charge in [0.1, 0.15) is 0 Å². The Morgan fingerprint density at radius 3 is 2.93 bits per heavy atom. The van der Waals surface area contributed by atoms with Gasteiger partial charge in [-0.15, -0.1) is 0 Å². The van der Waals surface area contributed by atoms with Gasteiger partial charge in [-0.3, -0.25) is 9.20 Å². The Hall–Kier alpha value is -0.0300. The number of thioether (sulfide) groups is 1. The molecule has 5 heteroatoms. The molecule has 1 heterocycles. The van der Waals surface area contributed by atoms with Crippen molar-refractivity contribution >= 4 is 27.7 Å². The van der Waals surface area contributed by atoms with E-state index >= 15 is 0 Å². The number of rotatable bonds is 4. The first kappa shape index (κ1) is 13.0. The molecule has 1 saturated heterocycles. The minimum Gasteiger partial charge on any atom is -0.362 e. The van der Waals surface area contributed by atoms with Gasteiger partial charge in [0, 0.05) is 41.1 Å². The zero-order valence-electron chi connectivity index (χ0n) is 9.66. The first-order valence-corrected chi connectivity index (χ1v) is 8.04. The fourth-order valence-corrected chi connectivity index (χ4v) is 2.97. The average Bonchev–Trinajstić information content (AvgIpc) is 2.18. The maximum atomic E-state index is 10.8. The van der Waals surface area contributed by atoms with E-state index < -0.39 is 10.8 Å². The summed E-state index contributed by atoms with van der Waals surface area (Å²) >= 11 is 1.80. The van der Waals surface area contributed by atoms with Crippen molar-refractivity contribution in [2.24, 2.45) is 10.9 Å². The molecule has 0 aromatic rings. The molecule has 15 heavy (non-hydrogen) atoms. The quantitative estimate of drug-likeness (QED) is 0.766. The van der Waals surface area contributed by atoms with Crippen molar-refractivity contribution in [2.75, 3.05) is 24.3 Å². The van der Waals surface area contributed by atoms with Crippen molar-refractivity contribution in [3.05, 3.63) is 0 Å². The van der Waals surface area contributed by atoms with Crippen molar-refractivity contribution < 1.29 is 4.21 Å². The van der Waals surface area contributed by atoms with Crippen LogP contribution in [0.15, 0.2) is 4.99 Å². The van der Waals surface area contributed by atoms with Gasteiger partial charge >= 0.3 is 0 Å².